The van der Waals surface area contributed by atoms with Crippen LogP contribution in [0, 0.1) is 5.92 Å². The number of phenols is 1. The molecular weight excluding hydrogens is 216 g/mol. The van der Waals surface area contributed by atoms with Gasteiger partial charge in [-0.05, 0) is 23.8 Å². The van der Waals surface area contributed by atoms with Gasteiger partial charge in [-0.1, -0.05) is 25.1 Å². The van der Waals surface area contributed by atoms with E-state index in [2.05, 4.69) is 10.5 Å². The highest BCUT2D eigenvalue weighted by molar-refractivity contribution is 6.03. The highest BCUT2D eigenvalue weighted by Crippen LogP contribution is 2.14. The summed E-state index contributed by atoms with van der Waals surface area (Å²) in [5, 5.41) is 13.3. The van der Waals surface area contributed by atoms with E-state index in [0.717, 1.165) is 11.3 Å². The first kappa shape index (κ1) is 11.4. The molecule has 1 aromatic rings. The molecular formula is C13H14N2O2. The predicted molar refractivity (Wildman–Crippen MR) is 66.5 cm³/mol. The number of phenolic OH excluding ortho intramolecular Hbond substituents is 1. The topological polar surface area (TPSA) is 61.7 Å². The summed E-state index contributed by atoms with van der Waals surface area (Å²) in [4.78, 5) is 11.1. The van der Waals surface area contributed by atoms with E-state index in [-0.39, 0.29) is 17.6 Å². The normalized spacial score (nSPS) is 20.2. The molecule has 17 heavy (non-hydrogen) atoms. The van der Waals surface area contributed by atoms with Gasteiger partial charge >= 0.3 is 0 Å². The second-order valence-corrected chi connectivity index (χ2v) is 4.11. The van der Waals surface area contributed by atoms with E-state index in [1.807, 2.05) is 25.1 Å². The van der Waals surface area contributed by atoms with Crippen LogP contribution in [0.15, 0.2) is 35.4 Å². The molecule has 0 bridgehead atoms. The summed E-state index contributed by atoms with van der Waals surface area (Å²) >= 11 is 0. The second-order valence-electron chi connectivity index (χ2n) is 4.11. The summed E-state index contributed by atoms with van der Waals surface area (Å²) in [6.07, 6.45) is 4.19. The number of nitrogens with zero attached hydrogens (tertiary/aromatic N) is 1. The highest BCUT2D eigenvalue weighted by Gasteiger charge is 2.17. The van der Waals surface area contributed by atoms with E-state index in [1.54, 1.807) is 18.2 Å². The largest absolute Gasteiger partial charge is 0.508 e. The van der Waals surface area contributed by atoms with Crippen molar-refractivity contribution in [2.24, 2.45) is 11.0 Å². The first-order valence-corrected chi connectivity index (χ1v) is 5.48. The minimum Gasteiger partial charge on any atom is -0.508 e. The fourth-order valence-electron chi connectivity index (χ4n) is 1.68. The third-order valence-corrected chi connectivity index (χ3v) is 2.62. The van der Waals surface area contributed by atoms with Gasteiger partial charge in [0.2, 0.25) is 5.91 Å². The third kappa shape index (κ3) is 2.93. The zero-order valence-corrected chi connectivity index (χ0v) is 9.55. The van der Waals surface area contributed by atoms with Crippen LogP contribution in [0.2, 0.25) is 0 Å². The van der Waals surface area contributed by atoms with E-state index in [1.165, 1.54) is 0 Å². The standard InChI is InChI=1S/C13H14N2O2/c1-9-7-13(17)15-14-12(9)6-5-10-3-2-4-11(16)8-10/h2-6,8-9,16H,7H2,1H3,(H,15,17). The quantitative estimate of drug-likeness (QED) is 0.815. The van der Waals surface area contributed by atoms with E-state index >= 15 is 0 Å². The molecule has 0 saturated heterocycles. The smallest absolute Gasteiger partial charge is 0.240 e. The van der Waals surface area contributed by atoms with Gasteiger partial charge in [0, 0.05) is 12.3 Å². The Balaban J connectivity index is 2.13. The molecule has 4 heteroatoms. The number of hydrogen-bond donors (Lipinski definition) is 2. The molecule has 0 fully saturated rings. The molecule has 2 rings (SSSR count). The summed E-state index contributed by atoms with van der Waals surface area (Å²) in [5.74, 6) is 0.309. The minimum absolute atomic E-state index is 0.0491. The molecule has 1 aromatic carbocycles. The molecule has 0 aromatic heterocycles. The number of carbonyl (C=O) groups is 1. The number of rotatable bonds is 2. The molecule has 4 nitrogen and oxygen atoms in total. The first-order chi connectivity index (χ1) is 8.15. The summed E-state index contributed by atoms with van der Waals surface area (Å²) < 4.78 is 0. The van der Waals surface area contributed by atoms with Gasteiger partial charge in [0.25, 0.3) is 0 Å². The van der Waals surface area contributed by atoms with Gasteiger partial charge in [0.05, 0.1) is 5.71 Å². The fourth-order valence-corrected chi connectivity index (χ4v) is 1.68. The molecule has 1 aliphatic rings. The van der Waals surface area contributed by atoms with Crippen molar-refractivity contribution in [2.45, 2.75) is 13.3 Å². The molecule has 1 aliphatic heterocycles. The van der Waals surface area contributed by atoms with Crippen LogP contribution in [-0.2, 0) is 4.79 Å². The number of amides is 1. The third-order valence-electron chi connectivity index (χ3n) is 2.62. The Kier molecular flexibility index (Phi) is 3.23. The van der Waals surface area contributed by atoms with Crippen molar-refractivity contribution in [1.82, 2.24) is 5.43 Å². The SMILES string of the molecule is CC1CC(=O)NN=C1C=Cc1cccc(O)c1. The number of hydrogen-bond acceptors (Lipinski definition) is 3. The van der Waals surface area contributed by atoms with Gasteiger partial charge in [0.15, 0.2) is 0 Å². The van der Waals surface area contributed by atoms with Crippen molar-refractivity contribution < 1.29 is 9.90 Å². The number of benzene rings is 1. The lowest BCUT2D eigenvalue weighted by atomic mass is 9.99. The van der Waals surface area contributed by atoms with Crippen LogP contribution < -0.4 is 5.43 Å². The van der Waals surface area contributed by atoms with Gasteiger partial charge < -0.3 is 5.11 Å². The Labute approximate surface area is 99.7 Å². The Morgan fingerprint density at radius 1 is 1.47 bits per heavy atom. The Morgan fingerprint density at radius 3 is 3.00 bits per heavy atom. The van der Waals surface area contributed by atoms with Crippen LogP contribution in [0.4, 0.5) is 0 Å². The lowest BCUT2D eigenvalue weighted by Gasteiger charge is -2.15. The van der Waals surface area contributed by atoms with Gasteiger partial charge in [-0.25, -0.2) is 5.43 Å². The number of hydrazone groups is 1. The van der Waals surface area contributed by atoms with Crippen LogP contribution in [-0.4, -0.2) is 16.7 Å². The molecule has 0 aliphatic carbocycles. The average Bonchev–Trinajstić information content (AvgIpc) is 2.28. The van der Waals surface area contributed by atoms with E-state index < -0.39 is 0 Å². The van der Waals surface area contributed by atoms with E-state index in [9.17, 15) is 9.90 Å². The molecule has 0 spiro atoms. The van der Waals surface area contributed by atoms with Crippen LogP contribution in [0.3, 0.4) is 0 Å². The molecule has 1 heterocycles. The maximum Gasteiger partial charge on any atom is 0.240 e. The molecule has 0 radical (unpaired) electrons. The van der Waals surface area contributed by atoms with Crippen LogP contribution in [0.5, 0.6) is 5.75 Å². The highest BCUT2D eigenvalue weighted by atomic mass is 16.3. The number of nitrogens with one attached hydrogen (secondary N) is 1. The zero-order valence-electron chi connectivity index (χ0n) is 9.55. The average molecular weight is 230 g/mol. The molecule has 1 atom stereocenters. The van der Waals surface area contributed by atoms with Crippen molar-refractivity contribution in [3.8, 4) is 5.75 Å². The van der Waals surface area contributed by atoms with Crippen molar-refractivity contribution in [3.63, 3.8) is 0 Å². The van der Waals surface area contributed by atoms with Crippen LogP contribution >= 0.6 is 0 Å². The summed E-state index contributed by atoms with van der Waals surface area (Å²) in [6, 6.07) is 6.97. The maximum absolute atomic E-state index is 11.1. The molecule has 1 amide bonds. The lowest BCUT2D eigenvalue weighted by molar-refractivity contribution is -0.121. The van der Waals surface area contributed by atoms with Crippen molar-refractivity contribution >= 4 is 17.7 Å². The van der Waals surface area contributed by atoms with Crippen molar-refractivity contribution in [1.29, 1.82) is 0 Å². The van der Waals surface area contributed by atoms with E-state index in [0.29, 0.717) is 6.42 Å². The minimum atomic E-state index is -0.0491. The second kappa shape index (κ2) is 4.82. The van der Waals surface area contributed by atoms with Gasteiger partial charge in [-0.15, -0.1) is 0 Å². The summed E-state index contributed by atoms with van der Waals surface area (Å²) in [7, 11) is 0. The van der Waals surface area contributed by atoms with Crippen LogP contribution in [0.1, 0.15) is 18.9 Å². The monoisotopic (exact) mass is 230 g/mol. The fraction of sp³-hybridized carbons (Fsp3) is 0.231. The Bertz CT molecular complexity index is 492. The Hall–Kier alpha value is -2.10. The van der Waals surface area contributed by atoms with Crippen molar-refractivity contribution in [2.75, 3.05) is 0 Å². The van der Waals surface area contributed by atoms with Gasteiger partial charge in [0.1, 0.15) is 5.75 Å². The molecule has 2 N–H and O–H groups in total. The van der Waals surface area contributed by atoms with Crippen LogP contribution in [0.25, 0.3) is 6.08 Å². The first-order valence-electron chi connectivity index (χ1n) is 5.48. The van der Waals surface area contributed by atoms with Gasteiger partial charge in [-0.3, -0.25) is 4.79 Å². The van der Waals surface area contributed by atoms with E-state index in [4.69, 9.17) is 0 Å². The number of aromatic hydroxyl groups is 1. The maximum atomic E-state index is 11.1. The molecule has 1 unspecified atom stereocenters. The molecule has 0 saturated carbocycles. The lowest BCUT2D eigenvalue weighted by Crippen LogP contribution is -2.30. The zero-order chi connectivity index (χ0) is 12.3. The van der Waals surface area contributed by atoms with Gasteiger partial charge in [-0.2, -0.15) is 5.10 Å². The predicted octanol–water partition coefficient (Wildman–Crippen LogP) is 1.92. The number of allylic oxidation sites excluding steroid dienone is 1. The van der Waals surface area contributed by atoms with Crippen molar-refractivity contribution in [3.05, 3.63) is 35.9 Å². The summed E-state index contributed by atoms with van der Waals surface area (Å²) in [5.41, 5.74) is 4.20. The number of carbonyl (C=O) groups excluding carboxylic acids is 1. The summed E-state index contributed by atoms with van der Waals surface area (Å²) in [6.45, 7) is 1.96. The molecule has 88 valence electrons. The Morgan fingerprint density at radius 2 is 2.29 bits per heavy atom.